The van der Waals surface area contributed by atoms with Crippen LogP contribution in [0.15, 0.2) is 36.5 Å². The monoisotopic (exact) mass is 325 g/mol. The van der Waals surface area contributed by atoms with Crippen molar-refractivity contribution in [2.75, 3.05) is 23.4 Å². The highest BCUT2D eigenvalue weighted by atomic mass is 16.5. The third-order valence-corrected chi connectivity index (χ3v) is 3.80. The van der Waals surface area contributed by atoms with E-state index in [-0.39, 0.29) is 24.8 Å². The summed E-state index contributed by atoms with van der Waals surface area (Å²) in [5.41, 5.74) is 2.77. The lowest BCUT2D eigenvalue weighted by atomic mass is 10.1. The lowest BCUT2D eigenvalue weighted by Gasteiger charge is -2.29. The van der Waals surface area contributed by atoms with Gasteiger partial charge in [-0.25, -0.2) is 4.98 Å². The number of benzene rings is 1. The quantitative estimate of drug-likeness (QED) is 0.937. The van der Waals surface area contributed by atoms with E-state index in [1.807, 2.05) is 38.1 Å². The number of carbonyl (C=O) groups excluding carboxylic acids is 2. The number of ether oxygens (including phenoxy) is 1. The van der Waals surface area contributed by atoms with Gasteiger partial charge >= 0.3 is 0 Å². The lowest BCUT2D eigenvalue weighted by molar-refractivity contribution is -0.121. The van der Waals surface area contributed by atoms with Crippen LogP contribution in [0.5, 0.6) is 5.75 Å². The highest BCUT2D eigenvalue weighted by molar-refractivity contribution is 5.99. The van der Waals surface area contributed by atoms with Crippen LogP contribution in [0, 0.1) is 13.8 Å². The van der Waals surface area contributed by atoms with Crippen molar-refractivity contribution >= 4 is 23.3 Å². The predicted molar refractivity (Wildman–Crippen MR) is 91.2 cm³/mol. The van der Waals surface area contributed by atoms with Crippen molar-refractivity contribution in [2.45, 2.75) is 20.3 Å². The van der Waals surface area contributed by atoms with Crippen molar-refractivity contribution in [2.24, 2.45) is 0 Å². The number of nitrogens with zero attached hydrogens (tertiary/aromatic N) is 2. The van der Waals surface area contributed by atoms with Gasteiger partial charge in [-0.15, -0.1) is 0 Å². The Morgan fingerprint density at radius 2 is 2.04 bits per heavy atom. The van der Waals surface area contributed by atoms with E-state index in [4.69, 9.17) is 4.74 Å². The van der Waals surface area contributed by atoms with Gasteiger partial charge in [-0.1, -0.05) is 12.1 Å². The summed E-state index contributed by atoms with van der Waals surface area (Å²) in [6, 6.07) is 9.31. The molecule has 0 radical (unpaired) electrons. The fourth-order valence-corrected chi connectivity index (χ4v) is 2.52. The van der Waals surface area contributed by atoms with E-state index in [9.17, 15) is 9.59 Å². The summed E-state index contributed by atoms with van der Waals surface area (Å²) in [5.74, 6) is 0.852. The van der Waals surface area contributed by atoms with Gasteiger partial charge in [0.05, 0.1) is 5.69 Å². The molecule has 6 nitrogen and oxygen atoms in total. The maximum Gasteiger partial charge on any atom is 0.265 e. The Morgan fingerprint density at radius 3 is 2.79 bits per heavy atom. The Morgan fingerprint density at radius 1 is 1.25 bits per heavy atom. The summed E-state index contributed by atoms with van der Waals surface area (Å²) in [5, 5.41) is 2.74. The van der Waals surface area contributed by atoms with E-state index in [1.165, 1.54) is 0 Å². The summed E-state index contributed by atoms with van der Waals surface area (Å²) in [4.78, 5) is 30.0. The molecule has 0 atom stereocenters. The zero-order valence-corrected chi connectivity index (χ0v) is 13.7. The van der Waals surface area contributed by atoms with E-state index < -0.39 is 0 Å². The SMILES string of the molecule is Cc1ccc(NC(=O)CCN2C(=O)COc3ccc(C)cc32)nc1. The fraction of sp³-hybridized carbons (Fsp3) is 0.278. The Kier molecular flexibility index (Phi) is 4.46. The van der Waals surface area contributed by atoms with Crippen molar-refractivity contribution in [1.82, 2.24) is 4.98 Å². The molecule has 0 fully saturated rings. The first-order valence-corrected chi connectivity index (χ1v) is 7.79. The first kappa shape index (κ1) is 16.0. The topological polar surface area (TPSA) is 71.5 Å². The minimum atomic E-state index is -0.181. The van der Waals surface area contributed by atoms with Gasteiger partial charge in [0, 0.05) is 19.2 Å². The molecule has 2 amide bonds. The molecule has 2 heterocycles. The summed E-state index contributed by atoms with van der Waals surface area (Å²) < 4.78 is 5.43. The van der Waals surface area contributed by atoms with E-state index >= 15 is 0 Å². The zero-order valence-electron chi connectivity index (χ0n) is 13.7. The number of anilines is 2. The van der Waals surface area contributed by atoms with E-state index in [2.05, 4.69) is 10.3 Å². The van der Waals surface area contributed by atoms with Crippen LogP contribution in [0.25, 0.3) is 0 Å². The molecule has 124 valence electrons. The molecule has 2 aromatic rings. The third-order valence-electron chi connectivity index (χ3n) is 3.80. The number of aryl methyl sites for hydroxylation is 2. The van der Waals surface area contributed by atoms with E-state index in [0.29, 0.717) is 23.8 Å². The average molecular weight is 325 g/mol. The van der Waals surface area contributed by atoms with Crippen LogP contribution in [-0.4, -0.2) is 29.9 Å². The number of carbonyl (C=O) groups is 2. The normalized spacial score (nSPS) is 13.2. The molecular formula is C18H19N3O3. The van der Waals surface area contributed by atoms with Crippen molar-refractivity contribution in [3.8, 4) is 5.75 Å². The predicted octanol–water partition coefficient (Wildman–Crippen LogP) is 2.45. The van der Waals surface area contributed by atoms with Gasteiger partial charge in [0.25, 0.3) is 5.91 Å². The zero-order chi connectivity index (χ0) is 17.1. The molecule has 0 spiro atoms. The first-order chi connectivity index (χ1) is 11.5. The van der Waals surface area contributed by atoms with E-state index in [1.54, 1.807) is 17.2 Å². The summed E-state index contributed by atoms with van der Waals surface area (Å²) in [6.07, 6.45) is 1.88. The highest BCUT2D eigenvalue weighted by Gasteiger charge is 2.25. The Labute approximate surface area is 140 Å². The average Bonchev–Trinajstić information content (AvgIpc) is 2.56. The summed E-state index contributed by atoms with van der Waals surface area (Å²) in [7, 11) is 0. The fourth-order valence-electron chi connectivity index (χ4n) is 2.52. The number of nitrogens with one attached hydrogen (secondary N) is 1. The van der Waals surface area contributed by atoms with Gasteiger partial charge in [-0.2, -0.15) is 0 Å². The van der Waals surface area contributed by atoms with Gasteiger partial charge in [0.2, 0.25) is 5.91 Å². The number of aromatic nitrogens is 1. The number of hydrogen-bond donors (Lipinski definition) is 1. The third kappa shape index (κ3) is 3.53. The molecule has 1 aliphatic rings. The maximum atomic E-state index is 12.1. The highest BCUT2D eigenvalue weighted by Crippen LogP contribution is 2.32. The molecule has 0 saturated heterocycles. The van der Waals surface area contributed by atoms with Gasteiger partial charge in [-0.05, 0) is 43.2 Å². The molecule has 6 heteroatoms. The minimum Gasteiger partial charge on any atom is -0.482 e. The Bertz CT molecular complexity index is 772. The van der Waals surface area contributed by atoms with Crippen molar-refractivity contribution in [1.29, 1.82) is 0 Å². The molecule has 1 N–H and O–H groups in total. The molecule has 0 aliphatic carbocycles. The lowest BCUT2D eigenvalue weighted by Crippen LogP contribution is -2.40. The molecule has 1 aromatic carbocycles. The Balaban J connectivity index is 1.65. The van der Waals surface area contributed by atoms with Crippen molar-refractivity contribution < 1.29 is 14.3 Å². The van der Waals surface area contributed by atoms with Crippen LogP contribution >= 0.6 is 0 Å². The first-order valence-electron chi connectivity index (χ1n) is 7.79. The van der Waals surface area contributed by atoms with Crippen LogP contribution in [-0.2, 0) is 9.59 Å². The number of hydrogen-bond acceptors (Lipinski definition) is 4. The number of amides is 2. The molecule has 24 heavy (non-hydrogen) atoms. The maximum absolute atomic E-state index is 12.1. The second-order valence-corrected chi connectivity index (χ2v) is 5.82. The van der Waals surface area contributed by atoms with Gasteiger partial charge in [0.1, 0.15) is 11.6 Å². The van der Waals surface area contributed by atoms with Gasteiger partial charge in [-0.3, -0.25) is 9.59 Å². The molecule has 0 saturated carbocycles. The molecule has 1 aliphatic heterocycles. The van der Waals surface area contributed by atoms with Crippen LogP contribution in [0.2, 0.25) is 0 Å². The molecule has 1 aromatic heterocycles. The van der Waals surface area contributed by atoms with E-state index in [0.717, 1.165) is 11.1 Å². The van der Waals surface area contributed by atoms with Gasteiger partial charge < -0.3 is 15.0 Å². The van der Waals surface area contributed by atoms with Crippen LogP contribution in [0.1, 0.15) is 17.5 Å². The van der Waals surface area contributed by atoms with Crippen LogP contribution in [0.4, 0.5) is 11.5 Å². The number of fused-ring (bicyclic) bond motifs is 1. The van der Waals surface area contributed by atoms with Crippen LogP contribution in [0.3, 0.4) is 0 Å². The molecule has 3 rings (SSSR count). The standard InChI is InChI=1S/C18H19N3O3/c1-12-3-5-15-14(9-12)21(18(23)11-24-15)8-7-17(22)20-16-6-4-13(2)10-19-16/h3-6,9-10H,7-8,11H2,1-2H3,(H,19,20,22). The summed E-state index contributed by atoms with van der Waals surface area (Å²) in [6.45, 7) is 4.18. The van der Waals surface area contributed by atoms with Crippen LogP contribution < -0.4 is 15.0 Å². The Hall–Kier alpha value is -2.89. The largest absolute Gasteiger partial charge is 0.482 e. The van der Waals surface area contributed by atoms with Crippen molar-refractivity contribution in [3.63, 3.8) is 0 Å². The van der Waals surface area contributed by atoms with Gasteiger partial charge in [0.15, 0.2) is 6.61 Å². The molecule has 0 bridgehead atoms. The summed E-state index contributed by atoms with van der Waals surface area (Å²) >= 11 is 0. The second kappa shape index (κ2) is 6.70. The smallest absolute Gasteiger partial charge is 0.265 e. The van der Waals surface area contributed by atoms with Crippen molar-refractivity contribution in [3.05, 3.63) is 47.7 Å². The number of rotatable bonds is 4. The molecular weight excluding hydrogens is 306 g/mol. The molecule has 0 unspecified atom stereocenters. The minimum absolute atomic E-state index is 0.00278. The second-order valence-electron chi connectivity index (χ2n) is 5.82. The number of pyridine rings is 1.